The van der Waals surface area contributed by atoms with Crippen LogP contribution in [0.4, 0.5) is 5.82 Å². The fourth-order valence-corrected chi connectivity index (χ4v) is 10.8. The number of fused-ring (bicyclic) bond motifs is 1. The van der Waals surface area contributed by atoms with Gasteiger partial charge >= 0.3 is 0 Å². The third-order valence-electron chi connectivity index (χ3n) is 13.3. The highest BCUT2D eigenvalue weighted by atomic mass is 35.5. The van der Waals surface area contributed by atoms with Crippen molar-refractivity contribution in [2.75, 3.05) is 18.5 Å². The average Bonchev–Trinajstić information content (AvgIpc) is 3.96. The summed E-state index contributed by atoms with van der Waals surface area (Å²) < 4.78 is 39.9. The average molecular weight is 854 g/mol. The minimum Gasteiger partial charge on any atom is -0.387 e. The van der Waals surface area contributed by atoms with E-state index in [0.29, 0.717) is 29.5 Å². The van der Waals surface area contributed by atoms with Crippen molar-refractivity contribution < 1.29 is 43.7 Å². The molecule has 61 heavy (non-hydrogen) atoms. The number of halogens is 1. The molecule has 11 rings (SSSR count). The van der Waals surface area contributed by atoms with Crippen molar-refractivity contribution in [2.45, 2.75) is 113 Å². The van der Waals surface area contributed by atoms with E-state index in [9.17, 15) is 15.3 Å². The third kappa shape index (κ3) is 8.43. The van der Waals surface area contributed by atoms with E-state index >= 15 is 0 Å². The van der Waals surface area contributed by atoms with E-state index in [0.717, 1.165) is 41.4 Å². The molecule has 4 saturated carbocycles. The standard InChI is InChI=1S/C46H52ClN5O9/c47-45-49-41(51-46-19-30-16-31(20-46)18-32(46)17-30)35-42(50-45)52(26-48-35)43-38(55)39(34(59-43)25-57-22-28-12-6-2-7-13-28)61-44-40(58-23-29-14-8-3-9-15-29)37(54)36(53)33(60-44)24-56-21-27-10-4-1-5-11-27/h1-15,26,30-34,36-40,43-44,53-55H,16-25H2,(H,49,50,51)/t30-,31+,32?,33-,34-,36-,37+,38-,39-,40-,43-,44-,46?/m1/s1. The highest BCUT2D eigenvalue weighted by Crippen LogP contribution is 2.61. The molecule has 4 N–H and O–H groups in total. The Hall–Kier alpha value is -4.06. The Morgan fingerprint density at radius 1 is 0.705 bits per heavy atom. The van der Waals surface area contributed by atoms with Crippen LogP contribution in [-0.4, -0.2) is 103 Å². The molecule has 2 unspecified atom stereocenters. The highest BCUT2D eigenvalue weighted by Gasteiger charge is 2.58. The maximum Gasteiger partial charge on any atom is 0.226 e. The van der Waals surface area contributed by atoms with Crippen molar-refractivity contribution in [3.8, 4) is 0 Å². The van der Waals surface area contributed by atoms with E-state index in [1.807, 2.05) is 91.0 Å². The van der Waals surface area contributed by atoms with Crippen LogP contribution >= 0.6 is 11.6 Å². The molecule has 4 aliphatic carbocycles. The molecule has 2 aromatic heterocycles. The van der Waals surface area contributed by atoms with Crippen LogP contribution in [-0.2, 0) is 48.2 Å². The number of hydrogen-bond donors (Lipinski definition) is 4. The Morgan fingerprint density at radius 2 is 1.31 bits per heavy atom. The molecule has 4 bridgehead atoms. The van der Waals surface area contributed by atoms with Gasteiger partial charge in [0.05, 0.1) is 39.4 Å². The van der Waals surface area contributed by atoms with Gasteiger partial charge in [0.1, 0.15) is 42.7 Å². The summed E-state index contributed by atoms with van der Waals surface area (Å²) in [4.78, 5) is 14.0. The van der Waals surface area contributed by atoms with Gasteiger partial charge in [0.15, 0.2) is 29.5 Å². The summed E-state index contributed by atoms with van der Waals surface area (Å²) >= 11 is 6.64. The lowest BCUT2D eigenvalue weighted by molar-refractivity contribution is -0.329. The first-order valence-corrected chi connectivity index (χ1v) is 21.8. The smallest absolute Gasteiger partial charge is 0.226 e. The summed E-state index contributed by atoms with van der Waals surface area (Å²) in [7, 11) is 0. The number of nitrogens with one attached hydrogen (secondary N) is 1. The second-order valence-electron chi connectivity index (χ2n) is 17.4. The van der Waals surface area contributed by atoms with Gasteiger partial charge in [0.25, 0.3) is 0 Å². The number of aliphatic hydroxyl groups is 3. The Morgan fingerprint density at radius 3 is 1.95 bits per heavy atom. The monoisotopic (exact) mass is 853 g/mol. The minimum absolute atomic E-state index is 0.0333. The molecule has 0 amide bonds. The Bertz CT molecular complexity index is 2220. The van der Waals surface area contributed by atoms with Gasteiger partial charge in [-0.15, -0.1) is 0 Å². The van der Waals surface area contributed by atoms with Crippen LogP contribution in [0.3, 0.4) is 0 Å². The predicted octanol–water partition coefficient (Wildman–Crippen LogP) is 5.58. The molecule has 4 heterocycles. The van der Waals surface area contributed by atoms with E-state index in [2.05, 4.69) is 15.3 Å². The summed E-state index contributed by atoms with van der Waals surface area (Å²) in [6.45, 7) is 0.651. The molecule has 2 saturated heterocycles. The molecule has 6 fully saturated rings. The number of nitrogens with zero attached hydrogens (tertiary/aromatic N) is 4. The fourth-order valence-electron chi connectivity index (χ4n) is 10.6. The number of imidazole rings is 1. The van der Waals surface area contributed by atoms with Crippen LogP contribution in [0.5, 0.6) is 0 Å². The molecule has 322 valence electrons. The van der Waals surface area contributed by atoms with Crippen LogP contribution in [0.1, 0.15) is 55.0 Å². The first kappa shape index (κ1) is 41.0. The van der Waals surface area contributed by atoms with Crippen molar-refractivity contribution in [3.05, 3.63) is 119 Å². The first-order chi connectivity index (χ1) is 29.8. The summed E-state index contributed by atoms with van der Waals surface area (Å²) in [6.07, 6.45) is -2.91. The molecular weight excluding hydrogens is 802 g/mol. The zero-order valence-electron chi connectivity index (χ0n) is 33.7. The van der Waals surface area contributed by atoms with Gasteiger partial charge in [-0.1, -0.05) is 91.0 Å². The van der Waals surface area contributed by atoms with Gasteiger partial charge in [0, 0.05) is 5.54 Å². The summed E-state index contributed by atoms with van der Waals surface area (Å²) in [5.74, 6) is 2.63. The molecule has 2 aliphatic heterocycles. The fraction of sp³-hybridized carbons (Fsp3) is 0.500. The Balaban J connectivity index is 0.926. The highest BCUT2D eigenvalue weighted by molar-refractivity contribution is 6.28. The lowest BCUT2D eigenvalue weighted by Gasteiger charge is -2.43. The van der Waals surface area contributed by atoms with Gasteiger partial charge in [-0.25, -0.2) is 4.98 Å². The van der Waals surface area contributed by atoms with Crippen molar-refractivity contribution in [1.29, 1.82) is 0 Å². The molecule has 13 atom stereocenters. The van der Waals surface area contributed by atoms with Crippen molar-refractivity contribution >= 4 is 28.6 Å². The van der Waals surface area contributed by atoms with Gasteiger partial charge in [-0.3, -0.25) is 4.57 Å². The van der Waals surface area contributed by atoms with Crippen LogP contribution in [0.2, 0.25) is 5.28 Å². The van der Waals surface area contributed by atoms with Crippen LogP contribution in [0, 0.1) is 17.8 Å². The largest absolute Gasteiger partial charge is 0.387 e. The molecule has 14 nitrogen and oxygen atoms in total. The topological polar surface area (TPSA) is 172 Å². The SMILES string of the molecule is O[C@@H]1[C@H](O[C@H]2O[C@H](COCc3ccccc3)[C@@H](O)[C@H](O)[C@H]2OCc2ccccc2)[C@@H](COCc2ccccc2)O[C@H]1n1cnc2c(NC34C[C@@H]5CC3C[C@@H](C5)C4)nc(Cl)nc21. The molecule has 0 spiro atoms. The molecule has 0 radical (unpaired) electrons. The van der Waals surface area contributed by atoms with Crippen LogP contribution < -0.4 is 5.32 Å². The Labute approximate surface area is 359 Å². The van der Waals surface area contributed by atoms with Crippen molar-refractivity contribution in [2.24, 2.45) is 17.8 Å². The maximum atomic E-state index is 12.3. The number of anilines is 1. The number of hydrogen-bond acceptors (Lipinski definition) is 13. The number of aliphatic hydroxyl groups excluding tert-OH is 3. The summed E-state index contributed by atoms with van der Waals surface area (Å²) in [5.41, 5.74) is 3.65. The van der Waals surface area contributed by atoms with E-state index in [-0.39, 0.29) is 37.3 Å². The Kier molecular flexibility index (Phi) is 11.8. The quantitative estimate of drug-likeness (QED) is 0.0909. The second-order valence-corrected chi connectivity index (χ2v) is 17.8. The summed E-state index contributed by atoms with van der Waals surface area (Å²) in [6, 6.07) is 28.9. The lowest BCUT2D eigenvalue weighted by atomic mass is 9.80. The zero-order chi connectivity index (χ0) is 41.5. The number of benzene rings is 3. The zero-order valence-corrected chi connectivity index (χ0v) is 34.5. The number of aromatic nitrogens is 4. The van der Waals surface area contributed by atoms with E-state index in [4.69, 9.17) is 45.0 Å². The van der Waals surface area contributed by atoms with Crippen molar-refractivity contribution in [1.82, 2.24) is 19.5 Å². The molecular formula is C46H52ClN5O9. The van der Waals surface area contributed by atoms with Crippen LogP contribution in [0.25, 0.3) is 11.2 Å². The maximum absolute atomic E-state index is 12.3. The van der Waals surface area contributed by atoms with E-state index in [1.165, 1.54) is 19.3 Å². The van der Waals surface area contributed by atoms with E-state index < -0.39 is 55.2 Å². The summed E-state index contributed by atoms with van der Waals surface area (Å²) in [5, 5.41) is 39.1. The number of ether oxygens (including phenoxy) is 6. The first-order valence-electron chi connectivity index (χ1n) is 21.4. The van der Waals surface area contributed by atoms with Gasteiger partial charge < -0.3 is 49.1 Å². The van der Waals surface area contributed by atoms with E-state index in [1.54, 1.807) is 10.9 Å². The molecule has 6 aliphatic rings. The molecule has 15 heteroatoms. The number of rotatable bonds is 16. The normalized spacial score (nSPS) is 34.1. The third-order valence-corrected chi connectivity index (χ3v) is 13.5. The van der Waals surface area contributed by atoms with Gasteiger partial charge in [-0.05, 0) is 78.1 Å². The predicted molar refractivity (Wildman–Crippen MR) is 223 cm³/mol. The minimum atomic E-state index is -1.43. The molecule has 5 aromatic rings. The van der Waals surface area contributed by atoms with Crippen molar-refractivity contribution in [3.63, 3.8) is 0 Å². The second kappa shape index (κ2) is 17.6. The lowest BCUT2D eigenvalue weighted by Crippen LogP contribution is -2.61. The van der Waals surface area contributed by atoms with Gasteiger partial charge in [-0.2, -0.15) is 9.97 Å². The molecule has 3 aromatic carbocycles. The van der Waals surface area contributed by atoms with Crippen LogP contribution in [0.15, 0.2) is 97.3 Å². The van der Waals surface area contributed by atoms with Gasteiger partial charge in [0.2, 0.25) is 5.28 Å².